The third kappa shape index (κ3) is 4.25. The highest BCUT2D eigenvalue weighted by atomic mass is 16.5. The van der Waals surface area contributed by atoms with Gasteiger partial charge in [0.15, 0.2) is 5.82 Å². The summed E-state index contributed by atoms with van der Waals surface area (Å²) in [5.74, 6) is 1.59. The fraction of sp³-hybridized carbons (Fsp3) is 0.481. The zero-order valence-electron chi connectivity index (χ0n) is 20.9. The Bertz CT molecular complexity index is 1310. The minimum Gasteiger partial charge on any atom is -0.497 e. The number of H-pyrrole nitrogens is 2. The number of fused-ring (bicyclic) bond motifs is 2. The maximum absolute atomic E-state index is 5.33. The quantitative estimate of drug-likeness (QED) is 0.454. The van der Waals surface area contributed by atoms with Crippen LogP contribution in [0.3, 0.4) is 0 Å². The summed E-state index contributed by atoms with van der Waals surface area (Å²) in [5.41, 5.74) is 5.06. The Morgan fingerprint density at radius 1 is 0.943 bits per heavy atom. The van der Waals surface area contributed by atoms with E-state index in [1.807, 2.05) is 18.2 Å². The van der Waals surface area contributed by atoms with Gasteiger partial charge in [0.1, 0.15) is 11.4 Å². The summed E-state index contributed by atoms with van der Waals surface area (Å²) in [6, 6.07) is 14.0. The van der Waals surface area contributed by atoms with Crippen LogP contribution in [0.15, 0.2) is 36.4 Å². The van der Waals surface area contributed by atoms with Crippen LogP contribution in [-0.4, -0.2) is 89.4 Å². The van der Waals surface area contributed by atoms with Gasteiger partial charge in [-0.3, -0.25) is 5.10 Å². The fourth-order valence-electron chi connectivity index (χ4n) is 5.87. The van der Waals surface area contributed by atoms with E-state index in [0.717, 1.165) is 64.4 Å². The number of methoxy groups -OCH3 is 1. The minimum absolute atomic E-state index is 0.725. The summed E-state index contributed by atoms with van der Waals surface area (Å²) in [5, 5.41) is 8.66. The number of imidazole rings is 1. The maximum atomic E-state index is 5.33. The van der Waals surface area contributed by atoms with Crippen LogP contribution in [0.5, 0.6) is 5.75 Å². The van der Waals surface area contributed by atoms with Gasteiger partial charge in [-0.25, -0.2) is 4.98 Å². The summed E-state index contributed by atoms with van der Waals surface area (Å²) in [6.07, 6.45) is 5.07. The van der Waals surface area contributed by atoms with Gasteiger partial charge in [0.05, 0.1) is 23.7 Å². The molecule has 0 radical (unpaired) electrons. The highest BCUT2D eigenvalue weighted by Crippen LogP contribution is 2.31. The largest absolute Gasteiger partial charge is 0.497 e. The van der Waals surface area contributed by atoms with Gasteiger partial charge in [-0.05, 0) is 83.2 Å². The predicted molar refractivity (Wildman–Crippen MR) is 141 cm³/mol. The Kier molecular flexibility index (Phi) is 5.86. The zero-order chi connectivity index (χ0) is 23.9. The molecule has 2 saturated heterocycles. The molecule has 0 unspecified atom stereocenters. The average Bonchev–Trinajstić information content (AvgIpc) is 3.51. The molecular formula is C27H35N7O. The van der Waals surface area contributed by atoms with E-state index in [1.54, 1.807) is 7.11 Å². The van der Waals surface area contributed by atoms with Crippen molar-refractivity contribution in [2.24, 2.45) is 0 Å². The highest BCUT2D eigenvalue weighted by Gasteiger charge is 2.29. The van der Waals surface area contributed by atoms with Gasteiger partial charge < -0.3 is 24.4 Å². The van der Waals surface area contributed by atoms with Gasteiger partial charge in [0.2, 0.25) is 0 Å². The van der Waals surface area contributed by atoms with Crippen molar-refractivity contribution < 1.29 is 4.74 Å². The Morgan fingerprint density at radius 2 is 1.74 bits per heavy atom. The number of hydrogen-bond donors (Lipinski definition) is 2. The molecular weight excluding hydrogens is 438 g/mol. The van der Waals surface area contributed by atoms with Gasteiger partial charge in [-0.1, -0.05) is 0 Å². The number of nitrogens with zero attached hydrogens (tertiary/aromatic N) is 5. The van der Waals surface area contributed by atoms with E-state index in [-0.39, 0.29) is 0 Å². The lowest BCUT2D eigenvalue weighted by Crippen LogP contribution is -2.50. The molecule has 8 heteroatoms. The summed E-state index contributed by atoms with van der Waals surface area (Å²) < 4.78 is 5.33. The topological polar surface area (TPSA) is 76.3 Å². The van der Waals surface area contributed by atoms with Crippen molar-refractivity contribution in [1.82, 2.24) is 30.0 Å². The van der Waals surface area contributed by atoms with Gasteiger partial charge in [0, 0.05) is 42.3 Å². The zero-order valence-corrected chi connectivity index (χ0v) is 20.9. The van der Waals surface area contributed by atoms with Gasteiger partial charge in [-0.2, -0.15) is 5.10 Å². The number of aromatic nitrogens is 4. The number of ether oxygens (including phenoxy) is 1. The lowest BCUT2D eigenvalue weighted by atomic mass is 9.97. The number of hydrogen-bond acceptors (Lipinski definition) is 6. The van der Waals surface area contributed by atoms with Crippen LogP contribution in [0, 0.1) is 0 Å². The maximum Gasteiger partial charge on any atom is 0.159 e. The van der Waals surface area contributed by atoms with Crippen molar-refractivity contribution in [3.8, 4) is 17.3 Å². The Morgan fingerprint density at radius 3 is 2.49 bits per heavy atom. The molecule has 2 aliphatic rings. The standard InChI is InChI=1S/C27H35N7O/c1-32(2)18-8-12-33(13-9-18)19-10-14-34(15-11-19)20-4-7-23-25(16-20)29-27(28-23)26-22-6-5-21(35-3)17-24(22)30-31-26/h4-7,16-19H,8-15H2,1-3H3,(H,28,29)(H,30,31). The summed E-state index contributed by atoms with van der Waals surface area (Å²) in [4.78, 5) is 16.0. The predicted octanol–water partition coefficient (Wildman–Crippen LogP) is 4.11. The third-order valence-electron chi connectivity index (χ3n) is 8.04. The van der Waals surface area contributed by atoms with Crippen LogP contribution in [0.25, 0.3) is 33.5 Å². The smallest absolute Gasteiger partial charge is 0.159 e. The first-order chi connectivity index (χ1) is 17.1. The highest BCUT2D eigenvalue weighted by molar-refractivity contribution is 5.94. The number of anilines is 1. The molecule has 8 nitrogen and oxygen atoms in total. The molecule has 2 N–H and O–H groups in total. The molecule has 0 amide bonds. The van der Waals surface area contributed by atoms with Crippen molar-refractivity contribution in [1.29, 1.82) is 0 Å². The summed E-state index contributed by atoms with van der Waals surface area (Å²) in [7, 11) is 6.10. The number of aromatic amines is 2. The second-order valence-electron chi connectivity index (χ2n) is 10.2. The molecule has 184 valence electrons. The lowest BCUT2D eigenvalue weighted by Gasteiger charge is -2.43. The van der Waals surface area contributed by atoms with Crippen LogP contribution < -0.4 is 9.64 Å². The van der Waals surface area contributed by atoms with E-state index in [2.05, 4.69) is 62.2 Å². The normalized spacial score (nSPS) is 18.8. The molecule has 0 bridgehead atoms. The molecule has 0 saturated carbocycles. The summed E-state index contributed by atoms with van der Waals surface area (Å²) in [6.45, 7) is 4.70. The SMILES string of the molecule is COc1ccc2c(-c3nc4ccc(N5CCC(N6CCC(N(C)C)CC6)CC5)cc4[nH]3)n[nH]c2c1. The van der Waals surface area contributed by atoms with Crippen molar-refractivity contribution in [3.05, 3.63) is 36.4 Å². The van der Waals surface area contributed by atoms with E-state index in [0.29, 0.717) is 0 Å². The molecule has 2 aromatic carbocycles. The molecule has 6 rings (SSSR count). The number of likely N-dealkylation sites (tertiary alicyclic amines) is 1. The van der Waals surface area contributed by atoms with E-state index < -0.39 is 0 Å². The summed E-state index contributed by atoms with van der Waals surface area (Å²) >= 11 is 0. The van der Waals surface area contributed by atoms with Crippen LogP contribution in [-0.2, 0) is 0 Å². The van der Waals surface area contributed by atoms with Crippen molar-refractivity contribution in [2.45, 2.75) is 37.8 Å². The first kappa shape index (κ1) is 22.4. The molecule has 2 aliphatic heterocycles. The van der Waals surface area contributed by atoms with Crippen LogP contribution in [0.1, 0.15) is 25.7 Å². The van der Waals surface area contributed by atoms with Gasteiger partial charge in [-0.15, -0.1) is 0 Å². The second kappa shape index (κ2) is 9.17. The molecule has 4 aromatic rings. The first-order valence-electron chi connectivity index (χ1n) is 12.8. The van der Waals surface area contributed by atoms with Crippen molar-refractivity contribution in [2.75, 3.05) is 52.3 Å². The average molecular weight is 474 g/mol. The lowest BCUT2D eigenvalue weighted by molar-refractivity contribution is 0.0961. The number of benzene rings is 2. The number of piperidine rings is 2. The van der Waals surface area contributed by atoms with Crippen LogP contribution in [0.4, 0.5) is 5.69 Å². The van der Waals surface area contributed by atoms with E-state index in [9.17, 15) is 0 Å². The number of nitrogens with one attached hydrogen (secondary N) is 2. The Labute approximate surface area is 206 Å². The minimum atomic E-state index is 0.725. The molecule has 2 aromatic heterocycles. The monoisotopic (exact) mass is 473 g/mol. The fourth-order valence-corrected chi connectivity index (χ4v) is 5.87. The van der Waals surface area contributed by atoms with Gasteiger partial charge in [0.25, 0.3) is 0 Å². The second-order valence-corrected chi connectivity index (χ2v) is 10.2. The first-order valence-corrected chi connectivity index (χ1v) is 12.8. The Hall–Kier alpha value is -3.10. The van der Waals surface area contributed by atoms with Crippen molar-refractivity contribution >= 4 is 27.6 Å². The molecule has 2 fully saturated rings. The number of rotatable bonds is 5. The van der Waals surface area contributed by atoms with Gasteiger partial charge >= 0.3 is 0 Å². The molecule has 0 aliphatic carbocycles. The molecule has 35 heavy (non-hydrogen) atoms. The molecule has 0 spiro atoms. The molecule has 0 atom stereocenters. The third-order valence-corrected chi connectivity index (χ3v) is 8.04. The Balaban J connectivity index is 1.15. The van der Waals surface area contributed by atoms with Crippen molar-refractivity contribution in [3.63, 3.8) is 0 Å². The van der Waals surface area contributed by atoms with Crippen LogP contribution >= 0.6 is 0 Å². The van der Waals surface area contributed by atoms with E-state index in [4.69, 9.17) is 9.72 Å². The van der Waals surface area contributed by atoms with E-state index >= 15 is 0 Å². The van der Waals surface area contributed by atoms with E-state index in [1.165, 1.54) is 44.5 Å². The molecule has 4 heterocycles. The van der Waals surface area contributed by atoms with Crippen LogP contribution in [0.2, 0.25) is 0 Å².